The van der Waals surface area contributed by atoms with Crippen molar-refractivity contribution in [3.05, 3.63) is 35.6 Å². The van der Waals surface area contributed by atoms with E-state index in [1.165, 1.54) is 36.6 Å². The molecule has 1 heterocycles. The zero-order valence-electron chi connectivity index (χ0n) is 13.5. The summed E-state index contributed by atoms with van der Waals surface area (Å²) in [6, 6.07) is 9.05. The molecular weight excluding hydrogens is 258 g/mol. The van der Waals surface area contributed by atoms with Crippen molar-refractivity contribution >= 4 is 11.0 Å². The Morgan fingerprint density at radius 3 is 2.67 bits per heavy atom. The van der Waals surface area contributed by atoms with Crippen molar-refractivity contribution in [1.82, 2.24) is 5.32 Å². The summed E-state index contributed by atoms with van der Waals surface area (Å²) in [5.41, 5.74) is 2.31. The van der Waals surface area contributed by atoms with Crippen LogP contribution in [0.4, 0.5) is 0 Å². The van der Waals surface area contributed by atoms with Gasteiger partial charge in [-0.25, -0.2) is 0 Å². The Balaban J connectivity index is 1.87. The van der Waals surface area contributed by atoms with Gasteiger partial charge in [-0.2, -0.15) is 0 Å². The Labute approximate surface area is 127 Å². The molecule has 3 rings (SSSR count). The third-order valence-corrected chi connectivity index (χ3v) is 4.95. The molecular formula is C19H27NO. The van der Waals surface area contributed by atoms with Crippen LogP contribution in [0.5, 0.6) is 0 Å². The molecule has 1 aliphatic carbocycles. The summed E-state index contributed by atoms with van der Waals surface area (Å²) in [7, 11) is 0. The molecule has 1 atom stereocenters. The van der Waals surface area contributed by atoms with Gasteiger partial charge in [-0.1, -0.05) is 38.3 Å². The van der Waals surface area contributed by atoms with Gasteiger partial charge in [-0.3, -0.25) is 0 Å². The second-order valence-corrected chi connectivity index (χ2v) is 6.75. The van der Waals surface area contributed by atoms with Crippen LogP contribution in [0.1, 0.15) is 56.9 Å². The predicted octanol–water partition coefficient (Wildman–Crippen LogP) is 5.22. The maximum atomic E-state index is 6.16. The molecule has 2 heteroatoms. The molecule has 0 radical (unpaired) electrons. The number of fused-ring (bicyclic) bond motifs is 1. The number of aryl methyl sites for hydroxylation is 1. The Hall–Kier alpha value is -1.28. The first-order chi connectivity index (χ1) is 10.2. The quantitative estimate of drug-likeness (QED) is 0.833. The molecule has 0 saturated heterocycles. The lowest BCUT2D eigenvalue weighted by Crippen LogP contribution is -2.30. The van der Waals surface area contributed by atoms with Crippen LogP contribution in [0.2, 0.25) is 0 Å². The first-order valence-corrected chi connectivity index (χ1v) is 8.41. The van der Waals surface area contributed by atoms with E-state index in [1.807, 2.05) is 0 Å². The van der Waals surface area contributed by atoms with Crippen molar-refractivity contribution in [1.29, 1.82) is 0 Å². The zero-order chi connectivity index (χ0) is 14.8. The average molecular weight is 285 g/mol. The van der Waals surface area contributed by atoms with Gasteiger partial charge in [0.1, 0.15) is 11.3 Å². The number of furan rings is 1. The standard InChI is InChI=1S/C19H27NO/c1-4-20-19(15-8-5-13(2)6-9-15)18-12-16-11-14(3)7-10-17(16)21-18/h7,10-13,15,19-20H,4-6,8-9H2,1-3H3. The van der Waals surface area contributed by atoms with Crippen LogP contribution in [0, 0.1) is 18.8 Å². The molecule has 2 aromatic rings. The van der Waals surface area contributed by atoms with E-state index in [-0.39, 0.29) is 0 Å². The molecule has 1 saturated carbocycles. The fraction of sp³-hybridized carbons (Fsp3) is 0.579. The van der Waals surface area contributed by atoms with Crippen molar-refractivity contribution in [3.8, 4) is 0 Å². The van der Waals surface area contributed by atoms with Crippen molar-refractivity contribution < 1.29 is 4.42 Å². The highest BCUT2D eigenvalue weighted by Gasteiger charge is 2.28. The van der Waals surface area contributed by atoms with E-state index in [0.29, 0.717) is 12.0 Å². The van der Waals surface area contributed by atoms with Crippen molar-refractivity contribution in [2.24, 2.45) is 11.8 Å². The van der Waals surface area contributed by atoms with Crippen molar-refractivity contribution in [2.75, 3.05) is 6.54 Å². The zero-order valence-corrected chi connectivity index (χ0v) is 13.5. The lowest BCUT2D eigenvalue weighted by molar-refractivity contribution is 0.216. The van der Waals surface area contributed by atoms with Gasteiger partial charge in [-0.05, 0) is 56.3 Å². The Morgan fingerprint density at radius 1 is 1.19 bits per heavy atom. The van der Waals surface area contributed by atoms with Crippen LogP contribution < -0.4 is 5.32 Å². The molecule has 0 spiro atoms. The SMILES string of the molecule is CCNC(c1cc2cc(C)ccc2o1)C1CCC(C)CC1. The fourth-order valence-corrected chi connectivity index (χ4v) is 3.68. The molecule has 0 bridgehead atoms. The molecule has 0 amide bonds. The smallest absolute Gasteiger partial charge is 0.134 e. The minimum absolute atomic E-state index is 0.371. The third kappa shape index (κ3) is 3.16. The van der Waals surface area contributed by atoms with E-state index in [9.17, 15) is 0 Å². The highest BCUT2D eigenvalue weighted by atomic mass is 16.3. The van der Waals surface area contributed by atoms with Gasteiger partial charge < -0.3 is 9.73 Å². The van der Waals surface area contributed by atoms with Gasteiger partial charge in [0, 0.05) is 5.39 Å². The molecule has 1 aromatic carbocycles. The highest BCUT2D eigenvalue weighted by Crippen LogP contribution is 2.38. The topological polar surface area (TPSA) is 25.2 Å². The molecule has 1 aromatic heterocycles. The Morgan fingerprint density at radius 2 is 1.95 bits per heavy atom. The van der Waals surface area contributed by atoms with Crippen LogP contribution >= 0.6 is 0 Å². The van der Waals surface area contributed by atoms with Gasteiger partial charge in [0.2, 0.25) is 0 Å². The summed E-state index contributed by atoms with van der Waals surface area (Å²) in [5, 5.41) is 4.90. The highest BCUT2D eigenvalue weighted by molar-refractivity contribution is 5.78. The minimum Gasteiger partial charge on any atom is -0.459 e. The normalized spacial score (nSPS) is 24.3. The number of hydrogen-bond donors (Lipinski definition) is 1. The largest absolute Gasteiger partial charge is 0.459 e. The van der Waals surface area contributed by atoms with Gasteiger partial charge in [0.15, 0.2) is 0 Å². The lowest BCUT2D eigenvalue weighted by Gasteiger charge is -2.32. The van der Waals surface area contributed by atoms with Crippen LogP contribution in [0.25, 0.3) is 11.0 Å². The minimum atomic E-state index is 0.371. The Bertz CT molecular complexity index is 593. The molecule has 1 N–H and O–H groups in total. The first kappa shape index (κ1) is 14.6. The predicted molar refractivity (Wildman–Crippen MR) is 88.5 cm³/mol. The molecule has 21 heavy (non-hydrogen) atoms. The average Bonchev–Trinajstić information content (AvgIpc) is 2.88. The van der Waals surface area contributed by atoms with E-state index in [0.717, 1.165) is 23.8 Å². The van der Waals surface area contributed by atoms with Gasteiger partial charge in [-0.15, -0.1) is 0 Å². The maximum absolute atomic E-state index is 6.16. The second kappa shape index (κ2) is 6.23. The molecule has 2 nitrogen and oxygen atoms in total. The summed E-state index contributed by atoms with van der Waals surface area (Å²) in [5.74, 6) is 2.72. The van der Waals surface area contributed by atoms with Gasteiger partial charge in [0.25, 0.3) is 0 Å². The van der Waals surface area contributed by atoms with E-state index in [2.05, 4.69) is 50.4 Å². The second-order valence-electron chi connectivity index (χ2n) is 6.75. The molecule has 114 valence electrons. The van der Waals surface area contributed by atoms with Crippen molar-refractivity contribution in [2.45, 2.75) is 52.5 Å². The van der Waals surface area contributed by atoms with E-state index < -0.39 is 0 Å². The first-order valence-electron chi connectivity index (χ1n) is 8.41. The summed E-state index contributed by atoms with van der Waals surface area (Å²) >= 11 is 0. The van der Waals surface area contributed by atoms with Gasteiger partial charge in [0.05, 0.1) is 6.04 Å². The summed E-state index contributed by atoms with van der Waals surface area (Å²) in [6.45, 7) is 7.69. The third-order valence-electron chi connectivity index (χ3n) is 4.95. The molecule has 1 fully saturated rings. The number of benzene rings is 1. The Kier molecular flexibility index (Phi) is 4.34. The molecule has 1 aliphatic rings. The fourth-order valence-electron chi connectivity index (χ4n) is 3.68. The van der Waals surface area contributed by atoms with Crippen LogP contribution in [0.3, 0.4) is 0 Å². The summed E-state index contributed by atoms with van der Waals surface area (Å²) in [4.78, 5) is 0. The van der Waals surface area contributed by atoms with Crippen LogP contribution in [-0.2, 0) is 0 Å². The summed E-state index contributed by atoms with van der Waals surface area (Å²) in [6.07, 6.45) is 5.33. The van der Waals surface area contributed by atoms with E-state index in [4.69, 9.17) is 4.42 Å². The number of hydrogen-bond acceptors (Lipinski definition) is 2. The van der Waals surface area contributed by atoms with Crippen LogP contribution in [-0.4, -0.2) is 6.54 Å². The van der Waals surface area contributed by atoms with E-state index in [1.54, 1.807) is 0 Å². The lowest BCUT2D eigenvalue weighted by atomic mass is 9.78. The van der Waals surface area contributed by atoms with Gasteiger partial charge >= 0.3 is 0 Å². The maximum Gasteiger partial charge on any atom is 0.134 e. The van der Waals surface area contributed by atoms with Crippen LogP contribution in [0.15, 0.2) is 28.7 Å². The summed E-state index contributed by atoms with van der Waals surface area (Å²) < 4.78 is 6.16. The molecule has 1 unspecified atom stereocenters. The molecule has 0 aliphatic heterocycles. The monoisotopic (exact) mass is 285 g/mol. The van der Waals surface area contributed by atoms with E-state index >= 15 is 0 Å². The number of nitrogens with one attached hydrogen (secondary N) is 1. The van der Waals surface area contributed by atoms with Crippen molar-refractivity contribution in [3.63, 3.8) is 0 Å². The number of rotatable bonds is 4.